The van der Waals surface area contributed by atoms with Crippen LogP contribution in [0.4, 0.5) is 13.2 Å². The standard InChI is InChI=1S/C15H20F3N3O/c1-3-10(2)8-9-19-13(22)11-4-6-12(7-5-11)14(20-21-14)15(16,17)18/h4-7,10,20-21H,3,8-9H2,1-2H3,(H,19,22). The Hall–Kier alpha value is -1.60. The maximum absolute atomic E-state index is 12.9. The summed E-state index contributed by atoms with van der Waals surface area (Å²) in [5, 5.41) is 2.78. The zero-order valence-corrected chi connectivity index (χ0v) is 12.6. The van der Waals surface area contributed by atoms with Crippen LogP contribution in [-0.4, -0.2) is 18.6 Å². The highest BCUT2D eigenvalue weighted by molar-refractivity contribution is 5.94. The van der Waals surface area contributed by atoms with Crippen molar-refractivity contribution in [1.82, 2.24) is 16.2 Å². The SMILES string of the molecule is CCC(C)CCNC(=O)c1ccc(C2(C(F)(F)F)NN2)cc1. The van der Waals surface area contributed by atoms with Crippen LogP contribution in [0.25, 0.3) is 0 Å². The molecule has 0 aliphatic carbocycles. The largest absolute Gasteiger partial charge is 0.426 e. The molecule has 22 heavy (non-hydrogen) atoms. The zero-order chi connectivity index (χ0) is 16.4. The van der Waals surface area contributed by atoms with E-state index in [-0.39, 0.29) is 11.5 Å². The van der Waals surface area contributed by atoms with Crippen molar-refractivity contribution >= 4 is 5.91 Å². The number of alkyl halides is 3. The van der Waals surface area contributed by atoms with Crippen molar-refractivity contribution in [3.63, 3.8) is 0 Å². The van der Waals surface area contributed by atoms with Gasteiger partial charge in [-0.05, 0) is 30.0 Å². The minimum Gasteiger partial charge on any atom is -0.352 e. The van der Waals surface area contributed by atoms with Crippen LogP contribution in [0.1, 0.15) is 42.6 Å². The van der Waals surface area contributed by atoms with Gasteiger partial charge in [0.25, 0.3) is 5.91 Å². The molecule has 1 atom stereocenters. The van der Waals surface area contributed by atoms with Gasteiger partial charge in [-0.3, -0.25) is 4.79 Å². The Bertz CT molecular complexity index is 524. The fourth-order valence-electron chi connectivity index (χ4n) is 2.12. The van der Waals surface area contributed by atoms with Crippen LogP contribution in [0.5, 0.6) is 0 Å². The van der Waals surface area contributed by atoms with Crippen LogP contribution < -0.4 is 16.2 Å². The van der Waals surface area contributed by atoms with Crippen LogP contribution in [0.15, 0.2) is 24.3 Å². The summed E-state index contributed by atoms with van der Waals surface area (Å²) in [6.07, 6.45) is -2.51. The molecule has 0 bridgehead atoms. The maximum atomic E-state index is 12.9. The lowest BCUT2D eigenvalue weighted by Gasteiger charge is -2.16. The van der Waals surface area contributed by atoms with Crippen LogP contribution in [0.3, 0.4) is 0 Å². The first-order valence-electron chi connectivity index (χ1n) is 7.30. The Balaban J connectivity index is 1.96. The van der Waals surface area contributed by atoms with Gasteiger partial charge in [-0.1, -0.05) is 32.4 Å². The van der Waals surface area contributed by atoms with E-state index >= 15 is 0 Å². The zero-order valence-electron chi connectivity index (χ0n) is 12.6. The maximum Gasteiger partial charge on any atom is 0.426 e. The van der Waals surface area contributed by atoms with E-state index in [1.807, 2.05) is 0 Å². The number of hydrogen-bond acceptors (Lipinski definition) is 3. The number of rotatable bonds is 6. The Morgan fingerprint density at radius 3 is 2.32 bits per heavy atom. The van der Waals surface area contributed by atoms with Gasteiger partial charge in [-0.25, -0.2) is 10.9 Å². The third kappa shape index (κ3) is 3.41. The second-order valence-electron chi connectivity index (χ2n) is 5.63. The van der Waals surface area contributed by atoms with Gasteiger partial charge in [0, 0.05) is 12.1 Å². The van der Waals surface area contributed by atoms with Gasteiger partial charge in [0.05, 0.1) is 0 Å². The number of hydrazine groups is 1. The Morgan fingerprint density at radius 1 is 1.27 bits per heavy atom. The van der Waals surface area contributed by atoms with Crippen molar-refractivity contribution in [3.05, 3.63) is 35.4 Å². The van der Waals surface area contributed by atoms with E-state index in [0.29, 0.717) is 18.0 Å². The van der Waals surface area contributed by atoms with E-state index < -0.39 is 11.8 Å². The van der Waals surface area contributed by atoms with Crippen molar-refractivity contribution in [2.24, 2.45) is 5.92 Å². The molecule has 1 aliphatic rings. The second-order valence-corrected chi connectivity index (χ2v) is 5.63. The van der Waals surface area contributed by atoms with Crippen molar-refractivity contribution in [2.45, 2.75) is 38.5 Å². The average molecular weight is 315 g/mol. The molecule has 1 aromatic carbocycles. The highest BCUT2D eigenvalue weighted by atomic mass is 19.4. The molecule has 0 radical (unpaired) electrons. The smallest absolute Gasteiger partial charge is 0.352 e. The summed E-state index contributed by atoms with van der Waals surface area (Å²) in [5.41, 5.74) is 2.47. The van der Waals surface area contributed by atoms with E-state index in [4.69, 9.17) is 0 Å². The Morgan fingerprint density at radius 2 is 1.86 bits per heavy atom. The van der Waals surface area contributed by atoms with Gasteiger partial charge in [0.2, 0.25) is 5.66 Å². The van der Waals surface area contributed by atoms with E-state index in [0.717, 1.165) is 12.8 Å². The molecule has 1 saturated heterocycles. The predicted molar refractivity (Wildman–Crippen MR) is 76.9 cm³/mol. The molecule has 1 fully saturated rings. The molecule has 1 unspecified atom stereocenters. The van der Waals surface area contributed by atoms with Gasteiger partial charge in [-0.2, -0.15) is 13.2 Å². The molecule has 0 saturated carbocycles. The molecule has 1 aromatic rings. The highest BCUT2D eigenvalue weighted by Crippen LogP contribution is 2.41. The molecule has 4 nitrogen and oxygen atoms in total. The molecule has 2 rings (SSSR count). The number of carbonyl (C=O) groups is 1. The summed E-state index contributed by atoms with van der Waals surface area (Å²) in [6, 6.07) is 5.43. The molecule has 0 spiro atoms. The minimum absolute atomic E-state index is 0.0381. The lowest BCUT2D eigenvalue weighted by atomic mass is 10.0. The molecular weight excluding hydrogens is 295 g/mol. The Labute approximate surface area is 127 Å². The molecule has 1 amide bonds. The minimum atomic E-state index is -4.44. The van der Waals surface area contributed by atoms with Crippen LogP contribution >= 0.6 is 0 Å². The first-order chi connectivity index (χ1) is 10.3. The van der Waals surface area contributed by atoms with Gasteiger partial charge in [0.1, 0.15) is 0 Å². The summed E-state index contributed by atoms with van der Waals surface area (Å²) in [5.74, 6) is 0.258. The van der Waals surface area contributed by atoms with E-state index in [1.54, 1.807) is 0 Å². The summed E-state index contributed by atoms with van der Waals surface area (Å²) >= 11 is 0. The normalized spacial score (nSPS) is 17.9. The molecule has 122 valence electrons. The molecule has 1 aliphatic heterocycles. The predicted octanol–water partition coefficient (Wildman–Crippen LogP) is 2.68. The van der Waals surface area contributed by atoms with Crippen molar-refractivity contribution in [1.29, 1.82) is 0 Å². The quantitative estimate of drug-likeness (QED) is 0.707. The summed E-state index contributed by atoms with van der Waals surface area (Å²) in [6.45, 7) is 4.75. The molecule has 3 N–H and O–H groups in total. The van der Waals surface area contributed by atoms with E-state index in [1.165, 1.54) is 24.3 Å². The molecule has 0 aromatic heterocycles. The van der Waals surface area contributed by atoms with Crippen molar-refractivity contribution < 1.29 is 18.0 Å². The van der Waals surface area contributed by atoms with Crippen molar-refractivity contribution in [3.8, 4) is 0 Å². The monoisotopic (exact) mass is 315 g/mol. The van der Waals surface area contributed by atoms with Gasteiger partial charge in [-0.15, -0.1) is 0 Å². The first-order valence-corrected chi connectivity index (χ1v) is 7.30. The summed E-state index contributed by atoms with van der Waals surface area (Å²) in [4.78, 5) is 11.9. The van der Waals surface area contributed by atoms with Gasteiger partial charge in [0.15, 0.2) is 0 Å². The number of amides is 1. The third-order valence-electron chi connectivity index (χ3n) is 4.00. The summed E-state index contributed by atoms with van der Waals surface area (Å²) in [7, 11) is 0. The fourth-order valence-corrected chi connectivity index (χ4v) is 2.12. The van der Waals surface area contributed by atoms with Gasteiger partial charge >= 0.3 is 6.18 Å². The van der Waals surface area contributed by atoms with E-state index in [2.05, 4.69) is 30.0 Å². The highest BCUT2D eigenvalue weighted by Gasteiger charge is 2.65. The number of carbonyl (C=O) groups excluding carboxylic acids is 1. The number of hydrogen-bond donors (Lipinski definition) is 3. The van der Waals surface area contributed by atoms with Crippen LogP contribution in [-0.2, 0) is 5.66 Å². The second kappa shape index (κ2) is 6.26. The van der Waals surface area contributed by atoms with E-state index in [9.17, 15) is 18.0 Å². The van der Waals surface area contributed by atoms with Crippen molar-refractivity contribution in [2.75, 3.05) is 6.54 Å². The topological polar surface area (TPSA) is 73.0 Å². The van der Waals surface area contributed by atoms with Crippen LogP contribution in [0, 0.1) is 5.92 Å². The molecular formula is C15H20F3N3O. The lowest BCUT2D eigenvalue weighted by molar-refractivity contribution is -0.165. The number of benzene rings is 1. The lowest BCUT2D eigenvalue weighted by Crippen LogP contribution is -2.34. The first kappa shape index (κ1) is 16.8. The summed E-state index contributed by atoms with van der Waals surface area (Å²) < 4.78 is 38.7. The average Bonchev–Trinajstić information content (AvgIpc) is 3.28. The number of halogens is 3. The molecule has 7 heteroatoms. The van der Waals surface area contributed by atoms with Crippen LogP contribution in [0.2, 0.25) is 0 Å². The fraction of sp³-hybridized carbons (Fsp3) is 0.533. The Kier molecular flexibility index (Phi) is 4.77. The molecule has 1 heterocycles. The number of nitrogens with one attached hydrogen (secondary N) is 3. The van der Waals surface area contributed by atoms with Gasteiger partial charge < -0.3 is 5.32 Å². The third-order valence-corrected chi connectivity index (χ3v) is 4.00.